The fourth-order valence-corrected chi connectivity index (χ4v) is 2.81. The highest BCUT2D eigenvalue weighted by Crippen LogP contribution is 2.26. The van der Waals surface area contributed by atoms with Crippen LogP contribution in [0.15, 0.2) is 24.3 Å². The summed E-state index contributed by atoms with van der Waals surface area (Å²) in [6, 6.07) is 11.5. The van der Waals surface area contributed by atoms with E-state index < -0.39 is 0 Å². The van der Waals surface area contributed by atoms with Crippen LogP contribution in [0.25, 0.3) is 0 Å². The average molecular weight is 256 g/mol. The van der Waals surface area contributed by atoms with Gasteiger partial charge in [0.2, 0.25) is 0 Å². The van der Waals surface area contributed by atoms with Gasteiger partial charge in [0.15, 0.2) is 0 Å². The van der Waals surface area contributed by atoms with Crippen molar-refractivity contribution in [1.29, 1.82) is 5.26 Å². The summed E-state index contributed by atoms with van der Waals surface area (Å²) in [7, 11) is 0. The molecule has 0 saturated heterocycles. The summed E-state index contributed by atoms with van der Waals surface area (Å²) in [6.45, 7) is 4.42. The predicted octanol–water partition coefficient (Wildman–Crippen LogP) is 4.69. The summed E-state index contributed by atoms with van der Waals surface area (Å²) in [6.07, 6.45) is 5.85. The van der Waals surface area contributed by atoms with Crippen molar-refractivity contribution in [3.63, 3.8) is 0 Å². The molecule has 2 nitrogen and oxygen atoms in total. The molecule has 102 valence electrons. The number of anilines is 1. The number of nitrogens with one attached hydrogen (secondary N) is 1. The zero-order valence-corrected chi connectivity index (χ0v) is 12.0. The highest BCUT2D eigenvalue weighted by atomic mass is 14.9. The minimum absolute atomic E-state index is 0.160. The molecule has 0 heterocycles. The van der Waals surface area contributed by atoms with Crippen LogP contribution in [-0.2, 0) is 0 Å². The Morgan fingerprint density at radius 2 is 1.79 bits per heavy atom. The van der Waals surface area contributed by atoms with E-state index in [0.29, 0.717) is 12.0 Å². The van der Waals surface area contributed by atoms with Crippen molar-refractivity contribution in [2.45, 2.75) is 57.9 Å². The van der Waals surface area contributed by atoms with Gasteiger partial charge in [-0.1, -0.05) is 45.2 Å². The van der Waals surface area contributed by atoms with Gasteiger partial charge in [0.25, 0.3) is 0 Å². The van der Waals surface area contributed by atoms with Crippen LogP contribution in [0.1, 0.15) is 57.4 Å². The first kappa shape index (κ1) is 13.9. The van der Waals surface area contributed by atoms with Crippen molar-refractivity contribution in [1.82, 2.24) is 0 Å². The van der Waals surface area contributed by atoms with E-state index in [1.807, 2.05) is 0 Å². The molecule has 1 saturated carbocycles. The van der Waals surface area contributed by atoms with Crippen LogP contribution in [0, 0.1) is 17.2 Å². The van der Waals surface area contributed by atoms with E-state index in [0.717, 1.165) is 18.5 Å². The summed E-state index contributed by atoms with van der Waals surface area (Å²) >= 11 is 0. The summed E-state index contributed by atoms with van der Waals surface area (Å²) < 4.78 is 0. The van der Waals surface area contributed by atoms with Crippen molar-refractivity contribution in [3.05, 3.63) is 29.8 Å². The van der Waals surface area contributed by atoms with Crippen LogP contribution in [0.4, 0.5) is 5.69 Å². The first-order chi connectivity index (χ1) is 9.20. The lowest BCUT2D eigenvalue weighted by Gasteiger charge is -2.22. The molecule has 0 amide bonds. The monoisotopic (exact) mass is 256 g/mol. The maximum atomic E-state index is 9.29. The lowest BCUT2D eigenvalue weighted by Crippen LogP contribution is -2.27. The SMILES string of the molecule is CC(C)c1ccc(NC2CCCCCC2C#N)cc1. The Bertz CT molecular complexity index is 428. The lowest BCUT2D eigenvalue weighted by atomic mass is 9.96. The van der Waals surface area contributed by atoms with Gasteiger partial charge in [-0.05, 0) is 36.5 Å². The van der Waals surface area contributed by atoms with Gasteiger partial charge >= 0.3 is 0 Å². The molecule has 2 heteroatoms. The average Bonchev–Trinajstić information content (AvgIpc) is 2.64. The molecule has 2 atom stereocenters. The van der Waals surface area contributed by atoms with E-state index in [1.54, 1.807) is 0 Å². The molecule has 1 N–H and O–H groups in total. The van der Waals surface area contributed by atoms with Gasteiger partial charge in [-0.3, -0.25) is 0 Å². The molecule has 0 spiro atoms. The summed E-state index contributed by atoms with van der Waals surface area (Å²) in [5.74, 6) is 0.728. The van der Waals surface area contributed by atoms with E-state index in [-0.39, 0.29) is 5.92 Å². The third-order valence-corrected chi connectivity index (χ3v) is 4.11. The molecular weight excluding hydrogens is 232 g/mol. The van der Waals surface area contributed by atoms with E-state index in [9.17, 15) is 5.26 Å². The molecule has 0 aromatic heterocycles. The van der Waals surface area contributed by atoms with Crippen molar-refractivity contribution < 1.29 is 0 Å². The lowest BCUT2D eigenvalue weighted by molar-refractivity contribution is 0.514. The fraction of sp³-hybridized carbons (Fsp3) is 0.588. The molecule has 1 aromatic carbocycles. The Morgan fingerprint density at radius 3 is 2.42 bits per heavy atom. The summed E-state index contributed by atoms with van der Waals surface area (Å²) in [5, 5.41) is 12.9. The second kappa shape index (κ2) is 6.61. The third kappa shape index (κ3) is 3.73. The van der Waals surface area contributed by atoms with Gasteiger partial charge in [-0.25, -0.2) is 0 Å². The van der Waals surface area contributed by atoms with Crippen molar-refractivity contribution in [3.8, 4) is 6.07 Å². The molecule has 1 aromatic rings. The minimum Gasteiger partial charge on any atom is -0.381 e. The topological polar surface area (TPSA) is 35.8 Å². The van der Waals surface area contributed by atoms with Gasteiger partial charge in [-0.15, -0.1) is 0 Å². The molecule has 2 unspecified atom stereocenters. The number of rotatable bonds is 3. The fourth-order valence-electron chi connectivity index (χ4n) is 2.81. The molecule has 0 aliphatic heterocycles. The van der Waals surface area contributed by atoms with Gasteiger partial charge < -0.3 is 5.32 Å². The van der Waals surface area contributed by atoms with Gasteiger partial charge in [0.1, 0.15) is 0 Å². The van der Waals surface area contributed by atoms with Crippen LogP contribution in [-0.4, -0.2) is 6.04 Å². The van der Waals surface area contributed by atoms with Crippen molar-refractivity contribution in [2.24, 2.45) is 5.92 Å². The Morgan fingerprint density at radius 1 is 1.11 bits per heavy atom. The number of benzene rings is 1. The van der Waals surface area contributed by atoms with Gasteiger partial charge in [-0.2, -0.15) is 5.26 Å². The van der Waals surface area contributed by atoms with Gasteiger partial charge in [0, 0.05) is 11.7 Å². The zero-order valence-electron chi connectivity index (χ0n) is 12.0. The molecular formula is C17H24N2. The molecule has 19 heavy (non-hydrogen) atoms. The van der Waals surface area contributed by atoms with Gasteiger partial charge in [0.05, 0.1) is 12.0 Å². The quantitative estimate of drug-likeness (QED) is 0.796. The second-order valence-electron chi connectivity index (χ2n) is 5.90. The largest absolute Gasteiger partial charge is 0.381 e. The first-order valence-corrected chi connectivity index (χ1v) is 7.47. The molecule has 1 fully saturated rings. The number of hydrogen-bond acceptors (Lipinski definition) is 2. The Kier molecular flexibility index (Phi) is 4.85. The van der Waals surface area contributed by atoms with E-state index in [2.05, 4.69) is 49.5 Å². The number of hydrogen-bond donors (Lipinski definition) is 1. The first-order valence-electron chi connectivity index (χ1n) is 7.47. The van der Waals surface area contributed by atoms with Crippen molar-refractivity contribution >= 4 is 5.69 Å². The summed E-state index contributed by atoms with van der Waals surface area (Å²) in [4.78, 5) is 0. The Hall–Kier alpha value is -1.49. The summed E-state index contributed by atoms with van der Waals surface area (Å²) in [5.41, 5.74) is 2.51. The highest BCUT2D eigenvalue weighted by molar-refractivity contribution is 5.46. The zero-order chi connectivity index (χ0) is 13.7. The maximum Gasteiger partial charge on any atom is 0.0677 e. The highest BCUT2D eigenvalue weighted by Gasteiger charge is 2.23. The Labute approximate surface area is 116 Å². The molecule has 1 aliphatic rings. The van der Waals surface area contributed by atoms with Crippen LogP contribution < -0.4 is 5.32 Å². The Balaban J connectivity index is 2.04. The smallest absolute Gasteiger partial charge is 0.0677 e. The van der Waals surface area contributed by atoms with Crippen LogP contribution >= 0.6 is 0 Å². The molecule has 0 radical (unpaired) electrons. The van der Waals surface area contributed by atoms with E-state index >= 15 is 0 Å². The van der Waals surface area contributed by atoms with Crippen molar-refractivity contribution in [2.75, 3.05) is 5.32 Å². The number of nitriles is 1. The van der Waals surface area contributed by atoms with Crippen LogP contribution in [0.3, 0.4) is 0 Å². The van der Waals surface area contributed by atoms with Crippen LogP contribution in [0.5, 0.6) is 0 Å². The van der Waals surface area contributed by atoms with E-state index in [4.69, 9.17) is 0 Å². The molecule has 0 bridgehead atoms. The predicted molar refractivity (Wildman–Crippen MR) is 80.1 cm³/mol. The second-order valence-corrected chi connectivity index (χ2v) is 5.90. The number of nitrogens with zero attached hydrogens (tertiary/aromatic N) is 1. The van der Waals surface area contributed by atoms with Crippen LogP contribution in [0.2, 0.25) is 0 Å². The normalized spacial score (nSPS) is 23.7. The van der Waals surface area contributed by atoms with E-state index in [1.165, 1.54) is 24.8 Å². The third-order valence-electron chi connectivity index (χ3n) is 4.11. The molecule has 2 rings (SSSR count). The maximum absolute atomic E-state index is 9.29. The minimum atomic E-state index is 0.160. The standard InChI is InChI=1S/C17H24N2/c1-13(2)14-8-10-16(11-9-14)19-17-7-5-3-4-6-15(17)12-18/h8-11,13,15,17,19H,3-7H2,1-2H3. The molecule has 1 aliphatic carbocycles.